The average molecular weight is 498 g/mol. The number of hydrogen-bond acceptors (Lipinski definition) is 5. The van der Waals surface area contributed by atoms with Crippen molar-refractivity contribution in [1.82, 2.24) is 0 Å². The number of esters is 1. The maximum Gasteiger partial charge on any atom is 0.342 e. The SMILES string of the molecule is CC(C)(C)OC(=O)c1c(-c2ccc(Br)cc2)csc1NC(=O)c1cc2ccccc2o1. The molecule has 0 fully saturated rings. The van der Waals surface area contributed by atoms with Gasteiger partial charge in [-0.1, -0.05) is 46.3 Å². The minimum atomic E-state index is -0.671. The van der Waals surface area contributed by atoms with E-state index in [1.165, 1.54) is 11.3 Å². The number of carbonyl (C=O) groups excluding carboxylic acids is 2. The Morgan fingerprint density at radius 1 is 1.06 bits per heavy atom. The van der Waals surface area contributed by atoms with Gasteiger partial charge in [0, 0.05) is 20.8 Å². The third-order valence-corrected chi connectivity index (χ3v) is 5.85. The van der Waals surface area contributed by atoms with Crippen molar-refractivity contribution in [2.24, 2.45) is 0 Å². The first-order valence-corrected chi connectivity index (χ1v) is 11.3. The molecule has 4 aromatic rings. The van der Waals surface area contributed by atoms with E-state index in [-0.39, 0.29) is 5.76 Å². The van der Waals surface area contributed by atoms with E-state index in [2.05, 4.69) is 21.2 Å². The molecule has 0 aliphatic heterocycles. The Kier molecular flexibility index (Phi) is 5.73. The number of fused-ring (bicyclic) bond motifs is 1. The summed E-state index contributed by atoms with van der Waals surface area (Å²) in [6, 6.07) is 16.7. The van der Waals surface area contributed by atoms with Crippen LogP contribution in [0.2, 0.25) is 0 Å². The van der Waals surface area contributed by atoms with Crippen LogP contribution in [0.25, 0.3) is 22.1 Å². The molecule has 0 unspecified atom stereocenters. The van der Waals surface area contributed by atoms with Crippen molar-refractivity contribution < 1.29 is 18.7 Å². The van der Waals surface area contributed by atoms with Crippen LogP contribution in [0.3, 0.4) is 0 Å². The first-order valence-electron chi connectivity index (χ1n) is 9.62. The largest absolute Gasteiger partial charge is 0.456 e. The topological polar surface area (TPSA) is 68.5 Å². The minimum absolute atomic E-state index is 0.176. The monoisotopic (exact) mass is 497 g/mol. The van der Waals surface area contributed by atoms with Gasteiger partial charge in [-0.15, -0.1) is 11.3 Å². The number of ether oxygens (including phenoxy) is 1. The van der Waals surface area contributed by atoms with Crippen LogP contribution in [0, 0.1) is 0 Å². The van der Waals surface area contributed by atoms with Crippen LogP contribution in [0.5, 0.6) is 0 Å². The number of hydrogen-bond donors (Lipinski definition) is 1. The van der Waals surface area contributed by atoms with Crippen molar-refractivity contribution in [2.45, 2.75) is 26.4 Å². The van der Waals surface area contributed by atoms with E-state index >= 15 is 0 Å². The number of halogens is 1. The molecule has 2 heterocycles. The Bertz CT molecular complexity index is 1230. The van der Waals surface area contributed by atoms with Crippen molar-refractivity contribution in [2.75, 3.05) is 5.32 Å². The predicted molar refractivity (Wildman–Crippen MR) is 127 cm³/mol. The summed E-state index contributed by atoms with van der Waals surface area (Å²) in [5, 5.41) is 5.93. The number of carbonyl (C=O) groups is 2. The van der Waals surface area contributed by atoms with Gasteiger partial charge in [-0.25, -0.2) is 4.79 Å². The lowest BCUT2D eigenvalue weighted by Crippen LogP contribution is -2.25. The maximum absolute atomic E-state index is 13.1. The fourth-order valence-electron chi connectivity index (χ4n) is 3.08. The number of amides is 1. The van der Waals surface area contributed by atoms with Gasteiger partial charge in [0.05, 0.1) is 0 Å². The fraction of sp³-hybridized carbons (Fsp3) is 0.167. The number of thiophene rings is 1. The van der Waals surface area contributed by atoms with Crippen molar-refractivity contribution >= 4 is 55.1 Å². The molecule has 0 spiro atoms. The Balaban J connectivity index is 1.71. The van der Waals surface area contributed by atoms with Gasteiger partial charge in [-0.3, -0.25) is 4.79 Å². The molecule has 4 rings (SSSR count). The van der Waals surface area contributed by atoms with Crippen LogP contribution in [-0.2, 0) is 4.74 Å². The highest BCUT2D eigenvalue weighted by molar-refractivity contribution is 9.10. The van der Waals surface area contributed by atoms with Crippen LogP contribution in [0.4, 0.5) is 5.00 Å². The molecule has 0 bridgehead atoms. The van der Waals surface area contributed by atoms with Crippen molar-refractivity contribution in [3.05, 3.63) is 75.8 Å². The number of para-hydroxylation sites is 1. The summed E-state index contributed by atoms with van der Waals surface area (Å²) in [6.45, 7) is 5.43. The third kappa shape index (κ3) is 4.73. The van der Waals surface area contributed by atoms with E-state index in [9.17, 15) is 9.59 Å². The summed E-state index contributed by atoms with van der Waals surface area (Å²) < 4.78 is 12.2. The summed E-state index contributed by atoms with van der Waals surface area (Å²) in [4.78, 5) is 25.9. The van der Waals surface area contributed by atoms with Crippen LogP contribution in [0.15, 0.2) is 68.9 Å². The van der Waals surface area contributed by atoms with Crippen molar-refractivity contribution in [1.29, 1.82) is 0 Å². The van der Waals surface area contributed by atoms with E-state index in [1.54, 1.807) is 12.1 Å². The molecule has 2 aromatic heterocycles. The Morgan fingerprint density at radius 3 is 2.45 bits per heavy atom. The van der Waals surface area contributed by atoms with E-state index in [4.69, 9.17) is 9.15 Å². The molecule has 0 aliphatic rings. The molecule has 7 heteroatoms. The zero-order chi connectivity index (χ0) is 22.2. The van der Waals surface area contributed by atoms with E-state index in [1.807, 2.05) is 68.6 Å². The Hall–Kier alpha value is -2.90. The van der Waals surface area contributed by atoms with E-state index in [0.29, 0.717) is 21.7 Å². The number of nitrogens with one attached hydrogen (secondary N) is 1. The van der Waals surface area contributed by atoms with Gasteiger partial charge in [-0.05, 0) is 50.6 Å². The molecular weight excluding hydrogens is 478 g/mol. The highest BCUT2D eigenvalue weighted by Gasteiger charge is 2.27. The molecule has 0 aliphatic carbocycles. The quantitative estimate of drug-likeness (QED) is 0.304. The van der Waals surface area contributed by atoms with Crippen molar-refractivity contribution in [3.8, 4) is 11.1 Å². The summed E-state index contributed by atoms with van der Waals surface area (Å²) in [6.07, 6.45) is 0. The summed E-state index contributed by atoms with van der Waals surface area (Å²) in [5.74, 6) is -0.744. The summed E-state index contributed by atoms with van der Waals surface area (Å²) in [5.41, 5.74) is 1.83. The van der Waals surface area contributed by atoms with Crippen LogP contribution < -0.4 is 5.32 Å². The molecular formula is C24H20BrNO4S. The fourth-order valence-corrected chi connectivity index (χ4v) is 4.30. The molecule has 31 heavy (non-hydrogen) atoms. The lowest BCUT2D eigenvalue weighted by Gasteiger charge is -2.20. The molecule has 5 nitrogen and oxygen atoms in total. The standard InChI is InChI=1S/C24H20BrNO4S/c1-24(2,3)30-23(28)20-17(14-8-10-16(25)11-9-14)13-31-22(20)26-21(27)19-12-15-6-4-5-7-18(15)29-19/h4-13H,1-3H3,(H,26,27). The Labute approximate surface area is 192 Å². The lowest BCUT2D eigenvalue weighted by molar-refractivity contribution is 0.00721. The van der Waals surface area contributed by atoms with Gasteiger partial charge >= 0.3 is 5.97 Å². The van der Waals surface area contributed by atoms with Gasteiger partial charge in [0.25, 0.3) is 5.91 Å². The van der Waals surface area contributed by atoms with Gasteiger partial charge < -0.3 is 14.5 Å². The summed E-state index contributed by atoms with van der Waals surface area (Å²) >= 11 is 4.70. The smallest absolute Gasteiger partial charge is 0.342 e. The second kappa shape index (κ2) is 8.32. The molecule has 1 amide bonds. The lowest BCUT2D eigenvalue weighted by atomic mass is 10.0. The number of anilines is 1. The minimum Gasteiger partial charge on any atom is -0.456 e. The van der Waals surface area contributed by atoms with Crippen molar-refractivity contribution in [3.63, 3.8) is 0 Å². The average Bonchev–Trinajstić information content (AvgIpc) is 3.31. The highest BCUT2D eigenvalue weighted by Crippen LogP contribution is 2.37. The molecule has 2 aromatic carbocycles. The normalized spacial score (nSPS) is 11.5. The van der Waals surface area contributed by atoms with Crippen LogP contribution >= 0.6 is 27.3 Å². The third-order valence-electron chi connectivity index (χ3n) is 4.43. The number of rotatable bonds is 4. The molecule has 158 valence electrons. The first kappa shape index (κ1) is 21.3. The zero-order valence-corrected chi connectivity index (χ0v) is 19.6. The van der Waals surface area contributed by atoms with Gasteiger partial charge in [0.15, 0.2) is 5.76 Å². The molecule has 1 N–H and O–H groups in total. The van der Waals surface area contributed by atoms with Gasteiger partial charge in [-0.2, -0.15) is 0 Å². The highest BCUT2D eigenvalue weighted by atomic mass is 79.9. The maximum atomic E-state index is 13.1. The molecule has 0 saturated heterocycles. The van der Waals surface area contributed by atoms with Gasteiger partial charge in [0.1, 0.15) is 21.7 Å². The predicted octanol–water partition coefficient (Wildman–Crippen LogP) is 7.13. The van der Waals surface area contributed by atoms with Crippen LogP contribution in [-0.4, -0.2) is 17.5 Å². The number of furan rings is 1. The first-order chi connectivity index (χ1) is 14.7. The van der Waals surface area contributed by atoms with E-state index in [0.717, 1.165) is 15.4 Å². The zero-order valence-electron chi connectivity index (χ0n) is 17.2. The Morgan fingerprint density at radius 2 is 1.77 bits per heavy atom. The number of benzene rings is 2. The molecule has 0 atom stereocenters. The molecule has 0 radical (unpaired) electrons. The second-order valence-electron chi connectivity index (χ2n) is 7.96. The van der Waals surface area contributed by atoms with Gasteiger partial charge in [0.2, 0.25) is 0 Å². The molecule has 0 saturated carbocycles. The van der Waals surface area contributed by atoms with Crippen LogP contribution in [0.1, 0.15) is 41.7 Å². The van der Waals surface area contributed by atoms with E-state index < -0.39 is 17.5 Å². The second-order valence-corrected chi connectivity index (χ2v) is 9.76. The summed E-state index contributed by atoms with van der Waals surface area (Å²) in [7, 11) is 0.